The van der Waals surface area contributed by atoms with Gasteiger partial charge in [0, 0.05) is 22.7 Å². The Morgan fingerprint density at radius 2 is 1.50 bits per heavy atom. The first-order valence-corrected chi connectivity index (χ1v) is 11.1. The number of hydrogen-bond acceptors (Lipinski definition) is 5. The van der Waals surface area contributed by atoms with Crippen molar-refractivity contribution in [2.24, 2.45) is 5.92 Å². The summed E-state index contributed by atoms with van der Waals surface area (Å²) in [7, 11) is 0. The molecule has 0 heterocycles. The Morgan fingerprint density at radius 3 is 2.07 bits per heavy atom. The minimum Gasteiger partial charge on any atom is -0.489 e. The molecule has 0 bridgehead atoms. The molecule has 0 radical (unpaired) electrons. The van der Waals surface area contributed by atoms with Crippen LogP contribution in [0.1, 0.15) is 60.3 Å². The summed E-state index contributed by atoms with van der Waals surface area (Å²) in [5.74, 6) is 1.93. The minimum absolute atomic E-state index is 0.314. The Balaban J connectivity index is 2.67. The number of carbonyl (C=O) groups excluding carboxylic acids is 1. The second-order valence-electron chi connectivity index (χ2n) is 7.68. The number of rotatable bonds is 12. The molecule has 0 aliphatic carbocycles. The molecule has 0 unspecified atom stereocenters. The van der Waals surface area contributed by atoms with Crippen LogP contribution in [0, 0.1) is 5.92 Å². The van der Waals surface area contributed by atoms with E-state index in [1.165, 1.54) is 6.92 Å². The maximum Gasteiger partial charge on any atom is 0.308 e. The number of esters is 1. The van der Waals surface area contributed by atoms with Crippen molar-refractivity contribution in [1.29, 1.82) is 0 Å². The Bertz CT molecular complexity index is 847. The number of halogens is 1. The lowest BCUT2D eigenvalue weighted by atomic mass is 10.1. The standard InChI is InChI=1S/C24H33ClO5/c1-6-12-27-23-21(29-14-8-9-16(3)4)19-11-10-18(25)15-20(19)22(30-17(5)26)24(23)28-13-7-2/h10-11,15-16H,6-9,12-14H2,1-5H3. The van der Waals surface area contributed by atoms with Crippen molar-refractivity contribution in [2.45, 2.75) is 60.3 Å². The van der Waals surface area contributed by atoms with Gasteiger partial charge in [-0.3, -0.25) is 4.79 Å². The molecule has 0 aliphatic rings. The fourth-order valence-corrected chi connectivity index (χ4v) is 3.25. The fourth-order valence-electron chi connectivity index (χ4n) is 3.08. The average molecular weight is 437 g/mol. The quantitative estimate of drug-likeness (QED) is 0.208. The Hall–Kier alpha value is -2.14. The van der Waals surface area contributed by atoms with Crippen molar-refractivity contribution < 1.29 is 23.7 Å². The zero-order valence-corrected chi connectivity index (χ0v) is 19.4. The van der Waals surface area contributed by atoms with Crippen molar-refractivity contribution in [3.63, 3.8) is 0 Å². The molecular formula is C24H33ClO5. The summed E-state index contributed by atoms with van der Waals surface area (Å²) in [4.78, 5) is 11.9. The lowest BCUT2D eigenvalue weighted by molar-refractivity contribution is -0.131. The van der Waals surface area contributed by atoms with Crippen LogP contribution >= 0.6 is 11.6 Å². The molecule has 0 fully saturated rings. The molecule has 0 spiro atoms. The molecular weight excluding hydrogens is 404 g/mol. The van der Waals surface area contributed by atoms with Gasteiger partial charge in [0.25, 0.3) is 0 Å². The molecule has 5 nitrogen and oxygen atoms in total. The van der Waals surface area contributed by atoms with Crippen LogP contribution in [0.5, 0.6) is 23.0 Å². The first kappa shape index (κ1) is 24.1. The third kappa shape index (κ3) is 6.43. The van der Waals surface area contributed by atoms with E-state index in [-0.39, 0.29) is 0 Å². The highest BCUT2D eigenvalue weighted by Gasteiger charge is 2.26. The number of carbonyl (C=O) groups is 1. The average Bonchev–Trinajstić information content (AvgIpc) is 2.69. The van der Waals surface area contributed by atoms with Crippen LogP contribution in [0.3, 0.4) is 0 Å². The number of ether oxygens (including phenoxy) is 4. The minimum atomic E-state index is -0.440. The van der Waals surface area contributed by atoms with Crippen molar-refractivity contribution in [3.8, 4) is 23.0 Å². The maximum absolute atomic E-state index is 11.9. The monoisotopic (exact) mass is 436 g/mol. The summed E-state index contributed by atoms with van der Waals surface area (Å²) >= 11 is 6.27. The molecule has 2 aromatic rings. The number of fused-ring (bicyclic) bond motifs is 1. The van der Waals surface area contributed by atoms with Crippen LogP contribution in [0.15, 0.2) is 18.2 Å². The van der Waals surface area contributed by atoms with Crippen LogP contribution in [0.4, 0.5) is 0 Å². The molecule has 30 heavy (non-hydrogen) atoms. The van der Waals surface area contributed by atoms with Crippen LogP contribution in [-0.2, 0) is 4.79 Å². The van der Waals surface area contributed by atoms with Gasteiger partial charge in [-0.05, 0) is 49.8 Å². The highest BCUT2D eigenvalue weighted by atomic mass is 35.5. The van der Waals surface area contributed by atoms with Crippen molar-refractivity contribution in [1.82, 2.24) is 0 Å². The van der Waals surface area contributed by atoms with Gasteiger partial charge < -0.3 is 18.9 Å². The van der Waals surface area contributed by atoms with E-state index in [0.29, 0.717) is 59.1 Å². The zero-order chi connectivity index (χ0) is 22.1. The summed E-state index contributed by atoms with van der Waals surface area (Å²) in [6.07, 6.45) is 3.61. The van der Waals surface area contributed by atoms with Gasteiger partial charge in [0.15, 0.2) is 11.5 Å². The molecule has 2 rings (SSSR count). The van der Waals surface area contributed by atoms with Gasteiger partial charge in [0.2, 0.25) is 11.5 Å². The Kier molecular flexibility index (Phi) is 9.57. The summed E-state index contributed by atoms with van der Waals surface area (Å²) in [6.45, 7) is 11.3. The van der Waals surface area contributed by atoms with E-state index in [2.05, 4.69) is 13.8 Å². The van der Waals surface area contributed by atoms with E-state index in [1.54, 1.807) is 12.1 Å². The van der Waals surface area contributed by atoms with E-state index in [4.69, 9.17) is 30.5 Å². The van der Waals surface area contributed by atoms with Gasteiger partial charge in [-0.1, -0.05) is 39.3 Å². The molecule has 0 amide bonds. The van der Waals surface area contributed by atoms with Crippen molar-refractivity contribution in [3.05, 3.63) is 23.2 Å². The molecule has 2 aromatic carbocycles. The van der Waals surface area contributed by atoms with Gasteiger partial charge in [-0.15, -0.1) is 0 Å². The first-order valence-electron chi connectivity index (χ1n) is 10.7. The summed E-state index contributed by atoms with van der Waals surface area (Å²) in [5.41, 5.74) is 0. The molecule has 0 N–H and O–H groups in total. The topological polar surface area (TPSA) is 54.0 Å². The molecule has 0 aliphatic heterocycles. The molecule has 6 heteroatoms. The highest BCUT2D eigenvalue weighted by molar-refractivity contribution is 6.31. The van der Waals surface area contributed by atoms with Gasteiger partial charge in [0.1, 0.15) is 0 Å². The van der Waals surface area contributed by atoms with Gasteiger partial charge in [0.05, 0.1) is 19.8 Å². The molecule has 0 atom stereocenters. The normalized spacial score (nSPS) is 11.0. The van der Waals surface area contributed by atoms with E-state index in [0.717, 1.165) is 31.1 Å². The van der Waals surface area contributed by atoms with Crippen LogP contribution in [0.2, 0.25) is 5.02 Å². The summed E-state index contributed by atoms with van der Waals surface area (Å²) in [5, 5.41) is 1.96. The highest BCUT2D eigenvalue weighted by Crippen LogP contribution is 2.52. The van der Waals surface area contributed by atoms with Gasteiger partial charge >= 0.3 is 5.97 Å². The van der Waals surface area contributed by atoms with Crippen molar-refractivity contribution >= 4 is 28.3 Å². The van der Waals surface area contributed by atoms with Gasteiger partial charge in [-0.2, -0.15) is 0 Å². The second kappa shape index (κ2) is 11.9. The Morgan fingerprint density at radius 1 is 0.900 bits per heavy atom. The first-order chi connectivity index (χ1) is 14.4. The number of benzene rings is 2. The Labute approximate surface area is 184 Å². The zero-order valence-electron chi connectivity index (χ0n) is 18.7. The van der Waals surface area contributed by atoms with E-state index in [9.17, 15) is 4.79 Å². The van der Waals surface area contributed by atoms with E-state index in [1.807, 2.05) is 19.9 Å². The van der Waals surface area contributed by atoms with Crippen LogP contribution in [-0.4, -0.2) is 25.8 Å². The van der Waals surface area contributed by atoms with Crippen LogP contribution in [0.25, 0.3) is 10.8 Å². The molecule has 0 saturated carbocycles. The van der Waals surface area contributed by atoms with Gasteiger partial charge in [-0.25, -0.2) is 0 Å². The number of hydrogen-bond donors (Lipinski definition) is 0. The second-order valence-corrected chi connectivity index (χ2v) is 8.12. The largest absolute Gasteiger partial charge is 0.489 e. The predicted molar refractivity (Wildman–Crippen MR) is 121 cm³/mol. The lowest BCUT2D eigenvalue weighted by Crippen LogP contribution is -2.10. The van der Waals surface area contributed by atoms with E-state index >= 15 is 0 Å². The predicted octanol–water partition coefficient (Wildman–Crippen LogP) is 6.81. The molecule has 0 aromatic heterocycles. The van der Waals surface area contributed by atoms with Crippen molar-refractivity contribution in [2.75, 3.05) is 19.8 Å². The fraction of sp³-hybridized carbons (Fsp3) is 0.542. The SMILES string of the molecule is CCCOc1c(OCCC)c(OC(C)=O)c2cc(Cl)ccc2c1OCCCC(C)C. The third-order valence-electron chi connectivity index (χ3n) is 4.41. The molecule has 166 valence electrons. The summed E-state index contributed by atoms with van der Waals surface area (Å²) in [6, 6.07) is 5.42. The third-order valence-corrected chi connectivity index (χ3v) is 4.64. The smallest absolute Gasteiger partial charge is 0.308 e. The van der Waals surface area contributed by atoms with Crippen LogP contribution < -0.4 is 18.9 Å². The van der Waals surface area contributed by atoms with E-state index < -0.39 is 5.97 Å². The lowest BCUT2D eigenvalue weighted by Gasteiger charge is -2.22. The molecule has 0 saturated heterocycles. The summed E-state index contributed by atoms with van der Waals surface area (Å²) < 4.78 is 23.9. The maximum atomic E-state index is 11.9.